The monoisotopic (exact) mass is 850 g/mol. The number of halogens is 2. The summed E-state index contributed by atoms with van der Waals surface area (Å²) in [5.74, 6) is -0.0696. The van der Waals surface area contributed by atoms with E-state index >= 15 is 0 Å². The molecule has 0 radical (unpaired) electrons. The number of benzene rings is 6. The van der Waals surface area contributed by atoms with Crippen LogP contribution in [-0.4, -0.2) is 47.4 Å². The number of aryl methyl sites for hydroxylation is 1. The number of nitrogens with one attached hydrogen (secondary N) is 2. The maximum atomic E-state index is 13.6. The molecule has 0 saturated heterocycles. The number of carbonyl (C=O) groups is 3. The molecule has 13 heteroatoms. The van der Waals surface area contributed by atoms with Crippen LogP contribution in [0.15, 0.2) is 134 Å². The molecule has 0 fully saturated rings. The number of unbranched alkanes of at least 4 members (excludes halogenated alkanes) is 2. The topological polar surface area (TPSA) is 138 Å². The fourth-order valence-corrected chi connectivity index (χ4v) is 7.20. The summed E-state index contributed by atoms with van der Waals surface area (Å²) >= 11 is 6.55. The lowest BCUT2D eigenvalue weighted by atomic mass is 9.98. The average molecular weight is 851 g/mol. The van der Waals surface area contributed by atoms with Crippen molar-refractivity contribution in [2.24, 2.45) is 0 Å². The van der Waals surface area contributed by atoms with Gasteiger partial charge in [0, 0.05) is 23.2 Å². The summed E-state index contributed by atoms with van der Waals surface area (Å²) in [5.41, 5.74) is 5.47. The summed E-state index contributed by atoms with van der Waals surface area (Å²) in [6, 6.07) is 37.8. The highest BCUT2D eigenvalue weighted by atomic mass is 35.5. The Balaban J connectivity index is 0.748. The Hall–Kier alpha value is -7.15. The first kappa shape index (κ1) is 41.6. The van der Waals surface area contributed by atoms with E-state index in [1.807, 2.05) is 72.8 Å². The van der Waals surface area contributed by atoms with Crippen molar-refractivity contribution in [3.8, 4) is 34.1 Å². The van der Waals surface area contributed by atoms with Crippen LogP contribution in [-0.2, 0) is 22.6 Å². The van der Waals surface area contributed by atoms with Gasteiger partial charge in [-0.15, -0.1) is 0 Å². The number of Topliss-reactive ketones (excluding diaryl/α,β-unsaturated/α-hetero) is 1. The predicted octanol–water partition coefficient (Wildman–Crippen LogP) is 10.5. The second kappa shape index (κ2) is 19.5. The zero-order chi connectivity index (χ0) is 42.8. The van der Waals surface area contributed by atoms with Gasteiger partial charge in [0.1, 0.15) is 54.2 Å². The predicted molar refractivity (Wildman–Crippen MR) is 234 cm³/mol. The van der Waals surface area contributed by atoms with Gasteiger partial charge < -0.3 is 24.3 Å². The molecule has 1 aliphatic rings. The maximum absolute atomic E-state index is 13.6. The molecule has 312 valence electrons. The number of anilines is 2. The standard InChI is InChI=1S/C49H40ClFN4O7/c50-41-28-36(16-22-43(41)61-29-32-7-4-8-35(51)26-32)54-47-40-27-34(15-21-42(40)52-30-53-47)33-13-19-37(20-14-33)60-25-24-59-23-3-1-2-6-31-11-17-38(18-12-31)62-44-10-5-9-39-45(44)48(57)55-49(58)46(39)56/h4-5,7-22,26-28,30H,1-3,6,23-25,29H2,(H,52,53,54)(H,55,57,58). The van der Waals surface area contributed by atoms with Crippen LogP contribution in [0, 0.1) is 5.82 Å². The SMILES string of the molecule is O=C1NC(=O)c2c(Oc3ccc(CCCCCOCCOc4ccc(-c5ccc6ncnc(Nc7ccc(OCc8cccc(F)c8)c(Cl)c7)c6c5)cc4)cc3)cccc2C1=O. The summed E-state index contributed by atoms with van der Waals surface area (Å²) < 4.78 is 37.1. The molecule has 2 N–H and O–H groups in total. The summed E-state index contributed by atoms with van der Waals surface area (Å²) in [4.78, 5) is 45.2. The van der Waals surface area contributed by atoms with E-state index in [1.54, 1.807) is 36.4 Å². The van der Waals surface area contributed by atoms with Gasteiger partial charge in [-0.3, -0.25) is 19.7 Å². The van der Waals surface area contributed by atoms with Gasteiger partial charge in [-0.05, 0) is 120 Å². The lowest BCUT2D eigenvalue weighted by Gasteiger charge is -2.17. The van der Waals surface area contributed by atoms with Crippen molar-refractivity contribution in [1.82, 2.24) is 15.3 Å². The Morgan fingerprint density at radius 1 is 0.661 bits per heavy atom. The molecule has 0 atom stereocenters. The molecule has 1 aromatic heterocycles. The highest BCUT2D eigenvalue weighted by Gasteiger charge is 2.33. The number of rotatable bonds is 18. The number of ether oxygens (including phenoxy) is 4. The Bertz CT molecular complexity index is 2750. The molecule has 0 spiro atoms. The van der Waals surface area contributed by atoms with Crippen molar-refractivity contribution < 1.29 is 37.7 Å². The number of amides is 2. The molecule has 11 nitrogen and oxygen atoms in total. The summed E-state index contributed by atoms with van der Waals surface area (Å²) in [6.07, 6.45) is 5.35. The zero-order valence-corrected chi connectivity index (χ0v) is 34.1. The van der Waals surface area contributed by atoms with E-state index in [1.165, 1.54) is 24.5 Å². The van der Waals surface area contributed by atoms with Gasteiger partial charge in [0.15, 0.2) is 0 Å². The minimum absolute atomic E-state index is 0.0377. The molecule has 0 saturated carbocycles. The molecule has 62 heavy (non-hydrogen) atoms. The molecule has 0 bridgehead atoms. The van der Waals surface area contributed by atoms with Crippen LogP contribution in [0.2, 0.25) is 5.02 Å². The molecule has 0 aliphatic carbocycles. The maximum Gasteiger partial charge on any atom is 0.299 e. The van der Waals surface area contributed by atoms with Gasteiger partial charge in [0.2, 0.25) is 0 Å². The van der Waals surface area contributed by atoms with E-state index in [0.29, 0.717) is 47.7 Å². The van der Waals surface area contributed by atoms with Gasteiger partial charge in [-0.2, -0.15) is 0 Å². The molecular weight excluding hydrogens is 811 g/mol. The third-order valence-electron chi connectivity index (χ3n) is 10.1. The number of fused-ring (bicyclic) bond motifs is 2. The Labute approximate surface area is 361 Å². The zero-order valence-electron chi connectivity index (χ0n) is 33.4. The van der Waals surface area contributed by atoms with Gasteiger partial charge in [0.05, 0.1) is 22.7 Å². The Kier molecular flexibility index (Phi) is 13.1. The van der Waals surface area contributed by atoms with Crippen molar-refractivity contribution in [1.29, 1.82) is 0 Å². The van der Waals surface area contributed by atoms with Gasteiger partial charge >= 0.3 is 0 Å². The van der Waals surface area contributed by atoms with Gasteiger partial charge in [0.25, 0.3) is 17.6 Å². The molecule has 2 amide bonds. The van der Waals surface area contributed by atoms with Crippen LogP contribution in [0.5, 0.6) is 23.0 Å². The first-order valence-corrected chi connectivity index (χ1v) is 20.4. The Morgan fingerprint density at radius 3 is 2.29 bits per heavy atom. The average Bonchev–Trinajstić information content (AvgIpc) is 3.28. The van der Waals surface area contributed by atoms with E-state index in [0.717, 1.165) is 64.7 Å². The molecule has 6 aromatic carbocycles. The van der Waals surface area contributed by atoms with Crippen LogP contribution in [0.25, 0.3) is 22.0 Å². The smallest absolute Gasteiger partial charge is 0.299 e. The lowest BCUT2D eigenvalue weighted by molar-refractivity contribution is -0.116. The number of aromatic nitrogens is 2. The number of imide groups is 1. The van der Waals surface area contributed by atoms with E-state index < -0.39 is 17.6 Å². The van der Waals surface area contributed by atoms with Crippen LogP contribution in [0.1, 0.15) is 51.1 Å². The van der Waals surface area contributed by atoms with Crippen molar-refractivity contribution in [3.63, 3.8) is 0 Å². The lowest BCUT2D eigenvalue weighted by Crippen LogP contribution is -2.42. The summed E-state index contributed by atoms with van der Waals surface area (Å²) in [6.45, 7) is 1.75. The minimum atomic E-state index is -0.940. The molecule has 7 aromatic rings. The first-order chi connectivity index (χ1) is 30.3. The van der Waals surface area contributed by atoms with Crippen molar-refractivity contribution in [3.05, 3.63) is 167 Å². The number of hydrogen-bond donors (Lipinski definition) is 2. The quantitative estimate of drug-likeness (QED) is 0.0487. The van der Waals surface area contributed by atoms with Gasteiger partial charge in [-0.25, -0.2) is 14.4 Å². The van der Waals surface area contributed by atoms with Crippen LogP contribution in [0.4, 0.5) is 15.9 Å². The van der Waals surface area contributed by atoms with Crippen LogP contribution < -0.4 is 24.8 Å². The normalized spacial score (nSPS) is 12.2. The third kappa shape index (κ3) is 10.2. The summed E-state index contributed by atoms with van der Waals surface area (Å²) in [7, 11) is 0. The molecule has 0 unspecified atom stereocenters. The Morgan fingerprint density at radius 2 is 1.47 bits per heavy atom. The fraction of sp³-hybridized carbons (Fsp3) is 0.163. The third-order valence-corrected chi connectivity index (χ3v) is 10.4. The number of nitrogens with zero attached hydrogens (tertiary/aromatic N) is 2. The molecular formula is C49H40ClFN4O7. The molecule has 8 rings (SSSR count). The molecule has 1 aliphatic heterocycles. The van der Waals surface area contributed by atoms with E-state index in [2.05, 4.69) is 20.6 Å². The van der Waals surface area contributed by atoms with Gasteiger partial charge in [-0.1, -0.05) is 66.6 Å². The summed E-state index contributed by atoms with van der Waals surface area (Å²) in [5, 5.41) is 6.67. The fourth-order valence-electron chi connectivity index (χ4n) is 6.97. The van der Waals surface area contributed by atoms with Crippen molar-refractivity contribution in [2.45, 2.75) is 32.3 Å². The number of carbonyl (C=O) groups excluding carboxylic acids is 3. The second-order valence-corrected chi connectivity index (χ2v) is 14.9. The van der Waals surface area contributed by atoms with Crippen molar-refractivity contribution >= 4 is 51.6 Å². The molecule has 2 heterocycles. The van der Waals surface area contributed by atoms with E-state index in [-0.39, 0.29) is 29.3 Å². The van der Waals surface area contributed by atoms with Crippen LogP contribution >= 0.6 is 11.6 Å². The van der Waals surface area contributed by atoms with E-state index in [4.69, 9.17) is 30.5 Å². The number of hydrogen-bond acceptors (Lipinski definition) is 10. The second-order valence-electron chi connectivity index (χ2n) is 14.5. The van der Waals surface area contributed by atoms with E-state index in [9.17, 15) is 18.8 Å². The minimum Gasteiger partial charge on any atom is -0.491 e. The highest BCUT2D eigenvalue weighted by Crippen LogP contribution is 2.34. The first-order valence-electron chi connectivity index (χ1n) is 20.1. The largest absolute Gasteiger partial charge is 0.491 e. The highest BCUT2D eigenvalue weighted by molar-refractivity contribution is 6.49. The number of ketones is 1. The van der Waals surface area contributed by atoms with Crippen LogP contribution in [0.3, 0.4) is 0 Å². The van der Waals surface area contributed by atoms with Crippen molar-refractivity contribution in [2.75, 3.05) is 25.1 Å².